The van der Waals surface area contributed by atoms with Crippen LogP contribution >= 0.6 is 0 Å². The smallest absolute Gasteiger partial charge is 0.255 e. The highest BCUT2D eigenvalue weighted by Gasteiger charge is 2.22. The lowest BCUT2D eigenvalue weighted by atomic mass is 9.91. The van der Waals surface area contributed by atoms with Crippen LogP contribution < -0.4 is 10.2 Å². The second-order valence-electron chi connectivity index (χ2n) is 5.06. The second-order valence-corrected chi connectivity index (χ2v) is 5.06. The molecule has 2 rings (SSSR count). The van der Waals surface area contributed by atoms with Crippen LogP contribution in [0.1, 0.15) is 30.9 Å². The highest BCUT2D eigenvalue weighted by molar-refractivity contribution is 5.86. The zero-order chi connectivity index (χ0) is 15.2. The first-order chi connectivity index (χ1) is 10.1. The largest absolute Gasteiger partial charge is 0.491 e. The summed E-state index contributed by atoms with van der Waals surface area (Å²) in [5.41, 5.74) is 3.35. The lowest BCUT2D eigenvalue weighted by Gasteiger charge is -2.17. The summed E-state index contributed by atoms with van der Waals surface area (Å²) in [7, 11) is 0. The molecule has 0 aliphatic rings. The van der Waals surface area contributed by atoms with Gasteiger partial charge >= 0.3 is 0 Å². The molecule has 1 amide bonds. The van der Waals surface area contributed by atoms with E-state index >= 15 is 0 Å². The average Bonchev–Trinajstić information content (AvgIpc) is 2.49. The van der Waals surface area contributed by atoms with Crippen molar-refractivity contribution in [3.63, 3.8) is 0 Å². The summed E-state index contributed by atoms with van der Waals surface area (Å²) in [6, 6.07) is 16.7. The lowest BCUT2D eigenvalue weighted by molar-refractivity contribution is -0.129. The molecule has 0 bridgehead atoms. The first kappa shape index (κ1) is 15.1. The second kappa shape index (κ2) is 6.90. The molecule has 2 aromatic rings. The molecule has 2 N–H and O–H groups in total. The number of nitrogens with one attached hydrogen (secondary N) is 1. The van der Waals surface area contributed by atoms with Crippen LogP contribution in [0, 0.1) is 0 Å². The fourth-order valence-electron chi connectivity index (χ4n) is 2.22. The van der Waals surface area contributed by atoms with Crippen LogP contribution in [0.2, 0.25) is 0 Å². The van der Waals surface area contributed by atoms with E-state index in [2.05, 4.69) is 0 Å². The molecule has 1 atom stereocenters. The van der Waals surface area contributed by atoms with Gasteiger partial charge in [-0.2, -0.15) is 0 Å². The highest BCUT2D eigenvalue weighted by atomic mass is 16.5. The molecule has 21 heavy (non-hydrogen) atoms. The Morgan fingerprint density at radius 3 is 2.10 bits per heavy atom. The molecule has 0 fully saturated rings. The van der Waals surface area contributed by atoms with Gasteiger partial charge in [0.05, 0.1) is 12.0 Å². The fourth-order valence-corrected chi connectivity index (χ4v) is 2.22. The van der Waals surface area contributed by atoms with Crippen LogP contribution in [0.15, 0.2) is 54.6 Å². The summed E-state index contributed by atoms with van der Waals surface area (Å²) in [4.78, 5) is 12.0. The molecule has 0 saturated carbocycles. The summed E-state index contributed by atoms with van der Waals surface area (Å²) in [6.07, 6.45) is 0.0986. The Hall–Kier alpha value is -2.33. The van der Waals surface area contributed by atoms with E-state index in [0.717, 1.165) is 16.9 Å². The third kappa shape index (κ3) is 3.83. The molecule has 0 aliphatic heterocycles. The van der Waals surface area contributed by atoms with E-state index in [4.69, 9.17) is 9.94 Å². The molecule has 4 nitrogen and oxygen atoms in total. The van der Waals surface area contributed by atoms with Gasteiger partial charge in [0, 0.05) is 0 Å². The van der Waals surface area contributed by atoms with E-state index in [1.54, 1.807) is 5.48 Å². The van der Waals surface area contributed by atoms with Crippen molar-refractivity contribution in [2.24, 2.45) is 0 Å². The number of carbonyl (C=O) groups excluding carboxylic acids is 1. The monoisotopic (exact) mass is 285 g/mol. The van der Waals surface area contributed by atoms with Gasteiger partial charge in [-0.1, -0.05) is 42.5 Å². The number of amides is 1. The molecule has 4 heteroatoms. The predicted molar refractivity (Wildman–Crippen MR) is 80.4 cm³/mol. The Kier molecular flexibility index (Phi) is 4.95. The Morgan fingerprint density at radius 1 is 1.00 bits per heavy atom. The summed E-state index contributed by atoms with van der Waals surface area (Å²) in [5.74, 6) is -0.256. The van der Waals surface area contributed by atoms with Crippen molar-refractivity contribution in [2.45, 2.75) is 25.9 Å². The summed E-state index contributed by atoms with van der Waals surface area (Å²) >= 11 is 0. The van der Waals surface area contributed by atoms with E-state index in [-0.39, 0.29) is 6.10 Å². The van der Waals surface area contributed by atoms with Crippen LogP contribution in [-0.2, 0) is 4.79 Å². The van der Waals surface area contributed by atoms with Crippen molar-refractivity contribution in [3.05, 3.63) is 65.7 Å². The third-order valence-electron chi connectivity index (χ3n) is 3.09. The maximum absolute atomic E-state index is 12.0. The molecule has 0 aromatic heterocycles. The van der Waals surface area contributed by atoms with Crippen molar-refractivity contribution in [3.8, 4) is 5.75 Å². The molecule has 0 aliphatic carbocycles. The Labute approximate surface area is 124 Å². The number of hydrogen-bond donors (Lipinski definition) is 2. The SMILES string of the molecule is CC(C)Oc1ccc(C(C(=O)NO)c2ccccc2)cc1. The molecular formula is C17H19NO3. The topological polar surface area (TPSA) is 58.6 Å². The van der Waals surface area contributed by atoms with Crippen LogP contribution in [0.4, 0.5) is 0 Å². The number of hydroxylamine groups is 1. The highest BCUT2D eigenvalue weighted by Crippen LogP contribution is 2.26. The maximum Gasteiger partial charge on any atom is 0.255 e. The fraction of sp³-hybridized carbons (Fsp3) is 0.235. The van der Waals surface area contributed by atoms with Gasteiger partial charge in [0.1, 0.15) is 5.75 Å². The van der Waals surface area contributed by atoms with E-state index in [0.29, 0.717) is 0 Å². The molecule has 0 heterocycles. The van der Waals surface area contributed by atoms with E-state index in [1.807, 2.05) is 68.4 Å². The molecule has 0 radical (unpaired) electrons. The Morgan fingerprint density at radius 2 is 1.57 bits per heavy atom. The van der Waals surface area contributed by atoms with Crippen molar-refractivity contribution in [1.82, 2.24) is 5.48 Å². The summed E-state index contributed by atoms with van der Waals surface area (Å²) in [6.45, 7) is 3.92. The molecule has 110 valence electrons. The number of ether oxygens (including phenoxy) is 1. The van der Waals surface area contributed by atoms with Gasteiger partial charge in [-0.05, 0) is 37.1 Å². The van der Waals surface area contributed by atoms with Crippen molar-refractivity contribution in [1.29, 1.82) is 0 Å². The van der Waals surface area contributed by atoms with E-state index < -0.39 is 11.8 Å². The van der Waals surface area contributed by atoms with Gasteiger partial charge in [-0.3, -0.25) is 10.0 Å². The quantitative estimate of drug-likeness (QED) is 0.655. The standard InChI is InChI=1S/C17H19NO3/c1-12(2)21-15-10-8-14(9-11-15)16(17(19)18-20)13-6-4-3-5-7-13/h3-12,16,20H,1-2H3,(H,18,19). The Bertz CT molecular complexity index is 579. The van der Waals surface area contributed by atoms with Crippen molar-refractivity contribution < 1.29 is 14.7 Å². The normalized spacial score (nSPS) is 12.0. The lowest BCUT2D eigenvalue weighted by Crippen LogP contribution is -2.27. The first-order valence-corrected chi connectivity index (χ1v) is 6.87. The summed E-state index contributed by atoms with van der Waals surface area (Å²) in [5, 5.41) is 8.98. The van der Waals surface area contributed by atoms with Gasteiger partial charge < -0.3 is 4.74 Å². The van der Waals surface area contributed by atoms with Crippen LogP contribution in [0.3, 0.4) is 0 Å². The minimum absolute atomic E-state index is 0.0986. The zero-order valence-electron chi connectivity index (χ0n) is 12.1. The zero-order valence-corrected chi connectivity index (χ0v) is 12.1. The first-order valence-electron chi connectivity index (χ1n) is 6.87. The van der Waals surface area contributed by atoms with Gasteiger partial charge in [0.15, 0.2) is 0 Å². The van der Waals surface area contributed by atoms with Gasteiger partial charge in [-0.15, -0.1) is 0 Å². The van der Waals surface area contributed by atoms with Crippen LogP contribution in [0.5, 0.6) is 5.75 Å². The number of rotatable bonds is 5. The van der Waals surface area contributed by atoms with Gasteiger partial charge in [-0.25, -0.2) is 5.48 Å². The number of carbonyl (C=O) groups is 1. The van der Waals surface area contributed by atoms with Gasteiger partial charge in [0.25, 0.3) is 5.91 Å². The molecule has 0 saturated heterocycles. The van der Waals surface area contributed by atoms with Crippen LogP contribution in [-0.4, -0.2) is 17.2 Å². The van der Waals surface area contributed by atoms with Gasteiger partial charge in [0.2, 0.25) is 0 Å². The molecule has 1 unspecified atom stereocenters. The maximum atomic E-state index is 12.0. The number of benzene rings is 2. The predicted octanol–water partition coefficient (Wildman–Crippen LogP) is 3.11. The minimum atomic E-state index is -0.552. The molecule has 0 spiro atoms. The Balaban J connectivity index is 2.31. The molecule has 2 aromatic carbocycles. The molecular weight excluding hydrogens is 266 g/mol. The van der Waals surface area contributed by atoms with Crippen molar-refractivity contribution in [2.75, 3.05) is 0 Å². The van der Waals surface area contributed by atoms with Crippen LogP contribution in [0.25, 0.3) is 0 Å². The van der Waals surface area contributed by atoms with Crippen molar-refractivity contribution >= 4 is 5.91 Å². The average molecular weight is 285 g/mol. The third-order valence-corrected chi connectivity index (χ3v) is 3.09. The van der Waals surface area contributed by atoms with E-state index in [9.17, 15) is 4.79 Å². The van der Waals surface area contributed by atoms with E-state index in [1.165, 1.54) is 0 Å². The summed E-state index contributed by atoms with van der Waals surface area (Å²) < 4.78 is 5.59. The minimum Gasteiger partial charge on any atom is -0.491 e. The number of hydrogen-bond acceptors (Lipinski definition) is 3.